The zero-order valence-electron chi connectivity index (χ0n) is 7.62. The SMILES string of the molecule is CSc1ccc(C(=O)C(=O)CCl)cc1. The second-order valence-electron chi connectivity index (χ2n) is 2.61. The predicted molar refractivity (Wildman–Crippen MR) is 58.3 cm³/mol. The first-order chi connectivity index (χ1) is 6.69. The Bertz CT molecular complexity index is 346. The Labute approximate surface area is 91.6 Å². The molecule has 0 aromatic heterocycles. The molecule has 0 aliphatic rings. The van der Waals surface area contributed by atoms with Gasteiger partial charge in [0.1, 0.15) is 0 Å². The van der Waals surface area contributed by atoms with Gasteiger partial charge in [-0.1, -0.05) is 0 Å². The summed E-state index contributed by atoms with van der Waals surface area (Å²) in [5, 5.41) is 0. The van der Waals surface area contributed by atoms with Gasteiger partial charge < -0.3 is 0 Å². The molecule has 0 saturated carbocycles. The number of alkyl halides is 1. The van der Waals surface area contributed by atoms with Gasteiger partial charge in [0.25, 0.3) is 0 Å². The second-order valence-corrected chi connectivity index (χ2v) is 3.76. The Morgan fingerprint density at radius 3 is 2.29 bits per heavy atom. The van der Waals surface area contributed by atoms with E-state index >= 15 is 0 Å². The van der Waals surface area contributed by atoms with Gasteiger partial charge in [0.2, 0.25) is 11.6 Å². The van der Waals surface area contributed by atoms with E-state index in [9.17, 15) is 9.59 Å². The maximum atomic E-state index is 11.3. The minimum absolute atomic E-state index is 0.261. The number of benzene rings is 1. The van der Waals surface area contributed by atoms with Crippen molar-refractivity contribution < 1.29 is 9.59 Å². The van der Waals surface area contributed by atoms with E-state index in [0.29, 0.717) is 5.56 Å². The molecular weight excluding hydrogens is 220 g/mol. The molecule has 0 unspecified atom stereocenters. The quantitative estimate of drug-likeness (QED) is 0.344. The number of rotatable bonds is 4. The van der Waals surface area contributed by atoms with Crippen molar-refractivity contribution in [3.05, 3.63) is 29.8 Å². The summed E-state index contributed by atoms with van der Waals surface area (Å²) in [6, 6.07) is 6.88. The molecule has 0 atom stereocenters. The number of ketones is 2. The fourth-order valence-electron chi connectivity index (χ4n) is 0.964. The van der Waals surface area contributed by atoms with Crippen molar-refractivity contribution in [3.8, 4) is 0 Å². The maximum Gasteiger partial charge on any atom is 0.229 e. The zero-order valence-corrected chi connectivity index (χ0v) is 9.19. The Balaban J connectivity index is 2.87. The van der Waals surface area contributed by atoms with Crippen molar-refractivity contribution in [2.75, 3.05) is 12.1 Å². The van der Waals surface area contributed by atoms with Gasteiger partial charge >= 0.3 is 0 Å². The van der Waals surface area contributed by atoms with E-state index in [1.165, 1.54) is 0 Å². The average Bonchev–Trinajstić information content (AvgIpc) is 2.27. The van der Waals surface area contributed by atoms with Crippen LogP contribution in [0.3, 0.4) is 0 Å². The molecule has 14 heavy (non-hydrogen) atoms. The molecule has 0 aliphatic heterocycles. The van der Waals surface area contributed by atoms with Gasteiger partial charge in [0.15, 0.2) is 0 Å². The number of thioether (sulfide) groups is 1. The molecule has 0 N–H and O–H groups in total. The van der Waals surface area contributed by atoms with Crippen molar-refractivity contribution in [1.29, 1.82) is 0 Å². The number of Topliss-reactive ketones (excluding diaryl/α,β-unsaturated/α-hetero) is 2. The van der Waals surface area contributed by atoms with Crippen LogP contribution in [-0.2, 0) is 4.79 Å². The number of hydrogen-bond donors (Lipinski definition) is 0. The number of hydrogen-bond acceptors (Lipinski definition) is 3. The summed E-state index contributed by atoms with van der Waals surface area (Å²) in [5.41, 5.74) is 0.397. The van der Waals surface area contributed by atoms with Gasteiger partial charge in [-0.05, 0) is 30.5 Å². The highest BCUT2D eigenvalue weighted by Crippen LogP contribution is 2.15. The lowest BCUT2D eigenvalue weighted by Crippen LogP contribution is -2.15. The van der Waals surface area contributed by atoms with Gasteiger partial charge in [-0.3, -0.25) is 9.59 Å². The van der Waals surface area contributed by atoms with Gasteiger partial charge in [-0.2, -0.15) is 0 Å². The molecule has 4 heteroatoms. The molecule has 0 fully saturated rings. The maximum absolute atomic E-state index is 11.3. The van der Waals surface area contributed by atoms with E-state index in [-0.39, 0.29) is 5.88 Å². The van der Waals surface area contributed by atoms with Gasteiger partial charge in [0.05, 0.1) is 5.88 Å². The number of halogens is 1. The molecule has 74 valence electrons. The van der Waals surface area contributed by atoms with Crippen molar-refractivity contribution in [2.45, 2.75) is 4.90 Å². The molecule has 0 spiro atoms. The Morgan fingerprint density at radius 1 is 1.29 bits per heavy atom. The van der Waals surface area contributed by atoms with Crippen LogP contribution in [0.4, 0.5) is 0 Å². The smallest absolute Gasteiger partial charge is 0.229 e. The first-order valence-electron chi connectivity index (χ1n) is 3.96. The largest absolute Gasteiger partial charge is 0.289 e. The van der Waals surface area contributed by atoms with Crippen LogP contribution in [0.5, 0.6) is 0 Å². The first-order valence-corrected chi connectivity index (χ1v) is 5.72. The molecule has 0 saturated heterocycles. The summed E-state index contributed by atoms with van der Waals surface area (Å²) in [7, 11) is 0. The third kappa shape index (κ3) is 2.59. The normalized spacial score (nSPS) is 9.86. The third-order valence-corrected chi connectivity index (χ3v) is 2.71. The molecule has 0 radical (unpaired) electrons. The molecule has 0 heterocycles. The van der Waals surface area contributed by atoms with Gasteiger partial charge in [-0.25, -0.2) is 0 Å². The second kappa shape index (κ2) is 5.17. The fourth-order valence-corrected chi connectivity index (χ4v) is 1.49. The summed E-state index contributed by atoms with van der Waals surface area (Å²) >= 11 is 6.86. The lowest BCUT2D eigenvalue weighted by Gasteiger charge is -1.99. The number of carbonyl (C=O) groups excluding carboxylic acids is 2. The van der Waals surface area contributed by atoms with E-state index in [1.807, 2.05) is 6.26 Å². The van der Waals surface area contributed by atoms with E-state index in [0.717, 1.165) is 4.90 Å². The number of carbonyl (C=O) groups is 2. The Hall–Kier alpha value is -0.800. The third-order valence-electron chi connectivity index (χ3n) is 1.73. The zero-order chi connectivity index (χ0) is 10.6. The van der Waals surface area contributed by atoms with E-state index < -0.39 is 11.6 Å². The minimum Gasteiger partial charge on any atom is -0.289 e. The highest BCUT2D eigenvalue weighted by molar-refractivity contribution is 7.98. The summed E-state index contributed by atoms with van der Waals surface area (Å²) in [6.07, 6.45) is 1.95. The van der Waals surface area contributed by atoms with Crippen LogP contribution >= 0.6 is 23.4 Å². The topological polar surface area (TPSA) is 34.1 Å². The average molecular weight is 229 g/mol. The summed E-state index contributed by atoms with van der Waals surface area (Å²) < 4.78 is 0. The van der Waals surface area contributed by atoms with Crippen LogP contribution < -0.4 is 0 Å². The molecule has 0 bridgehead atoms. The van der Waals surface area contributed by atoms with Crippen LogP contribution in [0.25, 0.3) is 0 Å². The highest BCUT2D eigenvalue weighted by Gasteiger charge is 2.14. The minimum atomic E-state index is -0.566. The van der Waals surface area contributed by atoms with Crippen LogP contribution in [-0.4, -0.2) is 23.7 Å². The standard InChI is InChI=1S/C10H9ClO2S/c1-14-8-4-2-7(3-5-8)10(13)9(12)6-11/h2-5H,6H2,1H3. The molecule has 1 aromatic carbocycles. The van der Waals surface area contributed by atoms with Crippen LogP contribution in [0.15, 0.2) is 29.2 Å². The first kappa shape index (κ1) is 11.3. The molecular formula is C10H9ClO2S. The van der Waals surface area contributed by atoms with E-state index in [4.69, 9.17) is 11.6 Å². The molecule has 1 aromatic rings. The van der Waals surface area contributed by atoms with E-state index in [1.54, 1.807) is 36.0 Å². The van der Waals surface area contributed by atoms with Crippen molar-refractivity contribution >= 4 is 34.9 Å². The molecule has 0 aliphatic carbocycles. The van der Waals surface area contributed by atoms with E-state index in [2.05, 4.69) is 0 Å². The lowest BCUT2D eigenvalue weighted by molar-refractivity contribution is -0.112. The van der Waals surface area contributed by atoms with Crippen LogP contribution in [0.1, 0.15) is 10.4 Å². The summed E-state index contributed by atoms with van der Waals surface area (Å²) in [6.45, 7) is 0. The van der Waals surface area contributed by atoms with Crippen molar-refractivity contribution in [1.82, 2.24) is 0 Å². The van der Waals surface area contributed by atoms with Gasteiger partial charge in [0, 0.05) is 10.5 Å². The van der Waals surface area contributed by atoms with Crippen LogP contribution in [0.2, 0.25) is 0 Å². The van der Waals surface area contributed by atoms with Crippen LogP contribution in [0, 0.1) is 0 Å². The predicted octanol–water partition coefficient (Wildman–Crippen LogP) is 2.40. The van der Waals surface area contributed by atoms with Crippen molar-refractivity contribution in [3.63, 3.8) is 0 Å². The Morgan fingerprint density at radius 2 is 1.86 bits per heavy atom. The Kier molecular flexibility index (Phi) is 4.17. The molecule has 1 rings (SSSR count). The molecule has 2 nitrogen and oxygen atoms in total. The summed E-state index contributed by atoms with van der Waals surface area (Å²) in [5.74, 6) is -1.35. The highest BCUT2D eigenvalue weighted by atomic mass is 35.5. The molecule has 0 amide bonds. The summed E-state index contributed by atoms with van der Waals surface area (Å²) in [4.78, 5) is 23.4. The monoisotopic (exact) mass is 228 g/mol. The fraction of sp³-hybridized carbons (Fsp3) is 0.200. The lowest BCUT2D eigenvalue weighted by atomic mass is 10.1. The van der Waals surface area contributed by atoms with Gasteiger partial charge in [-0.15, -0.1) is 23.4 Å². The van der Waals surface area contributed by atoms with Crippen molar-refractivity contribution in [2.24, 2.45) is 0 Å².